The number of hydrogen-bond acceptors (Lipinski definition) is 3. The molecule has 0 aliphatic rings. The number of imidazole rings is 1. The van der Waals surface area contributed by atoms with Gasteiger partial charge >= 0.3 is 0 Å². The van der Waals surface area contributed by atoms with E-state index >= 15 is 0 Å². The first kappa shape index (κ1) is 13.7. The van der Waals surface area contributed by atoms with E-state index in [1.165, 1.54) is 0 Å². The van der Waals surface area contributed by atoms with E-state index in [9.17, 15) is 4.79 Å². The zero-order valence-corrected chi connectivity index (χ0v) is 10.9. The summed E-state index contributed by atoms with van der Waals surface area (Å²) in [6.45, 7) is 8.31. The zero-order valence-electron chi connectivity index (χ0n) is 10.9. The Kier molecular flexibility index (Phi) is 5.69. The van der Waals surface area contributed by atoms with E-state index in [-0.39, 0.29) is 11.9 Å². The summed E-state index contributed by atoms with van der Waals surface area (Å²) in [7, 11) is 0. The molecule has 0 saturated carbocycles. The van der Waals surface area contributed by atoms with Crippen LogP contribution in [0, 0.1) is 0 Å². The molecule has 0 spiro atoms. The molecule has 1 amide bonds. The van der Waals surface area contributed by atoms with Crippen molar-refractivity contribution in [3.05, 3.63) is 18.2 Å². The SMILES string of the molecule is CCCNCc1cncn1C(C)C(=O)NCC. The summed E-state index contributed by atoms with van der Waals surface area (Å²) in [5.74, 6) is 0.0299. The highest BCUT2D eigenvalue weighted by Crippen LogP contribution is 2.09. The fourth-order valence-corrected chi connectivity index (χ4v) is 1.66. The second-order valence-corrected chi connectivity index (χ2v) is 4.04. The minimum Gasteiger partial charge on any atom is -0.355 e. The van der Waals surface area contributed by atoms with Crippen LogP contribution in [-0.2, 0) is 11.3 Å². The molecule has 0 aliphatic carbocycles. The van der Waals surface area contributed by atoms with Crippen molar-refractivity contribution in [2.45, 2.75) is 39.8 Å². The van der Waals surface area contributed by atoms with Crippen LogP contribution in [0.2, 0.25) is 0 Å². The lowest BCUT2D eigenvalue weighted by Crippen LogP contribution is -2.31. The predicted octanol–water partition coefficient (Wildman–Crippen LogP) is 1.08. The molecule has 0 saturated heterocycles. The lowest BCUT2D eigenvalue weighted by molar-refractivity contribution is -0.123. The predicted molar refractivity (Wildman–Crippen MR) is 67.6 cm³/mol. The average Bonchev–Trinajstić information content (AvgIpc) is 2.77. The third-order valence-electron chi connectivity index (χ3n) is 2.63. The third-order valence-corrected chi connectivity index (χ3v) is 2.63. The van der Waals surface area contributed by atoms with Crippen molar-refractivity contribution in [1.82, 2.24) is 20.2 Å². The minimum absolute atomic E-state index is 0.0299. The molecule has 1 rings (SSSR count). The Balaban J connectivity index is 2.63. The first-order valence-electron chi connectivity index (χ1n) is 6.19. The number of likely N-dealkylation sites (N-methyl/N-ethyl adjacent to an activating group) is 1. The summed E-state index contributed by atoms with van der Waals surface area (Å²) in [5, 5.41) is 6.13. The fourth-order valence-electron chi connectivity index (χ4n) is 1.66. The maximum absolute atomic E-state index is 11.7. The van der Waals surface area contributed by atoms with Crippen LogP contribution < -0.4 is 10.6 Å². The summed E-state index contributed by atoms with van der Waals surface area (Å²) in [6.07, 6.45) is 4.61. The third kappa shape index (κ3) is 3.85. The molecule has 0 aliphatic heterocycles. The Morgan fingerprint density at radius 2 is 2.29 bits per heavy atom. The molecule has 1 aromatic rings. The second kappa shape index (κ2) is 7.06. The highest BCUT2D eigenvalue weighted by molar-refractivity contribution is 5.79. The van der Waals surface area contributed by atoms with E-state index in [1.807, 2.05) is 18.4 Å². The lowest BCUT2D eigenvalue weighted by atomic mass is 10.3. The standard InChI is InChI=1S/C12H22N4O/c1-4-6-13-7-11-8-14-9-16(11)10(3)12(17)15-5-2/h8-10,13H,4-7H2,1-3H3,(H,15,17). The molecule has 1 heterocycles. The molecule has 5 nitrogen and oxygen atoms in total. The number of nitrogens with one attached hydrogen (secondary N) is 2. The quantitative estimate of drug-likeness (QED) is 0.699. The van der Waals surface area contributed by atoms with Crippen LogP contribution in [-0.4, -0.2) is 28.5 Å². The zero-order chi connectivity index (χ0) is 12.7. The molecule has 0 radical (unpaired) electrons. The van der Waals surface area contributed by atoms with Gasteiger partial charge in [0.2, 0.25) is 5.91 Å². The lowest BCUT2D eigenvalue weighted by Gasteiger charge is -2.16. The summed E-state index contributed by atoms with van der Waals surface area (Å²) in [5.41, 5.74) is 1.04. The maximum atomic E-state index is 11.7. The molecule has 0 bridgehead atoms. The minimum atomic E-state index is -0.212. The number of rotatable bonds is 7. The van der Waals surface area contributed by atoms with Gasteiger partial charge in [-0.2, -0.15) is 0 Å². The maximum Gasteiger partial charge on any atom is 0.242 e. The smallest absolute Gasteiger partial charge is 0.242 e. The second-order valence-electron chi connectivity index (χ2n) is 4.04. The van der Waals surface area contributed by atoms with Crippen molar-refractivity contribution in [1.29, 1.82) is 0 Å². The number of carbonyl (C=O) groups excluding carboxylic acids is 1. The molecule has 1 unspecified atom stereocenters. The van der Waals surface area contributed by atoms with Gasteiger partial charge in [-0.1, -0.05) is 6.92 Å². The van der Waals surface area contributed by atoms with E-state index in [0.29, 0.717) is 6.54 Å². The molecule has 0 aromatic carbocycles. The highest BCUT2D eigenvalue weighted by atomic mass is 16.2. The Labute approximate surface area is 103 Å². The highest BCUT2D eigenvalue weighted by Gasteiger charge is 2.16. The van der Waals surface area contributed by atoms with Gasteiger partial charge in [0.1, 0.15) is 6.04 Å². The fraction of sp³-hybridized carbons (Fsp3) is 0.667. The van der Waals surface area contributed by atoms with Gasteiger partial charge < -0.3 is 15.2 Å². The van der Waals surface area contributed by atoms with Gasteiger partial charge in [-0.05, 0) is 26.8 Å². The molecule has 1 aromatic heterocycles. The summed E-state index contributed by atoms with van der Waals surface area (Å²) >= 11 is 0. The van der Waals surface area contributed by atoms with Crippen molar-refractivity contribution in [2.75, 3.05) is 13.1 Å². The summed E-state index contributed by atoms with van der Waals surface area (Å²) in [6, 6.07) is -0.212. The Morgan fingerprint density at radius 1 is 1.53 bits per heavy atom. The number of amides is 1. The average molecular weight is 238 g/mol. The molecule has 2 N–H and O–H groups in total. The Morgan fingerprint density at radius 3 is 2.94 bits per heavy atom. The Hall–Kier alpha value is -1.36. The summed E-state index contributed by atoms with van der Waals surface area (Å²) in [4.78, 5) is 15.9. The largest absolute Gasteiger partial charge is 0.355 e. The van der Waals surface area contributed by atoms with Crippen LogP contribution in [0.25, 0.3) is 0 Å². The normalized spacial score (nSPS) is 12.4. The first-order chi connectivity index (χ1) is 8.20. The van der Waals surface area contributed by atoms with Crippen LogP contribution in [0.15, 0.2) is 12.5 Å². The van der Waals surface area contributed by atoms with E-state index in [2.05, 4.69) is 22.5 Å². The van der Waals surface area contributed by atoms with E-state index in [4.69, 9.17) is 0 Å². The van der Waals surface area contributed by atoms with Crippen molar-refractivity contribution in [3.63, 3.8) is 0 Å². The first-order valence-corrected chi connectivity index (χ1v) is 6.19. The molecule has 96 valence electrons. The van der Waals surface area contributed by atoms with E-state index < -0.39 is 0 Å². The van der Waals surface area contributed by atoms with Gasteiger partial charge in [-0.15, -0.1) is 0 Å². The van der Waals surface area contributed by atoms with Crippen molar-refractivity contribution >= 4 is 5.91 Å². The molecule has 5 heteroatoms. The van der Waals surface area contributed by atoms with Crippen molar-refractivity contribution in [2.24, 2.45) is 0 Å². The van der Waals surface area contributed by atoms with Crippen LogP contribution in [0.1, 0.15) is 38.9 Å². The van der Waals surface area contributed by atoms with E-state index in [0.717, 1.165) is 25.2 Å². The number of nitrogens with zero attached hydrogens (tertiary/aromatic N) is 2. The van der Waals surface area contributed by atoms with Crippen molar-refractivity contribution in [3.8, 4) is 0 Å². The van der Waals surface area contributed by atoms with Gasteiger partial charge in [0.15, 0.2) is 0 Å². The monoisotopic (exact) mass is 238 g/mol. The molecule has 1 atom stereocenters. The van der Waals surface area contributed by atoms with Gasteiger partial charge in [-0.3, -0.25) is 4.79 Å². The molecule has 17 heavy (non-hydrogen) atoms. The van der Waals surface area contributed by atoms with Gasteiger partial charge in [0.25, 0.3) is 0 Å². The van der Waals surface area contributed by atoms with Gasteiger partial charge in [0, 0.05) is 19.3 Å². The van der Waals surface area contributed by atoms with Gasteiger partial charge in [0.05, 0.1) is 12.0 Å². The summed E-state index contributed by atoms with van der Waals surface area (Å²) < 4.78 is 1.91. The van der Waals surface area contributed by atoms with E-state index in [1.54, 1.807) is 12.5 Å². The molecular formula is C12H22N4O. The number of carbonyl (C=O) groups is 1. The topological polar surface area (TPSA) is 59.0 Å². The van der Waals surface area contributed by atoms with Crippen LogP contribution in [0.3, 0.4) is 0 Å². The van der Waals surface area contributed by atoms with Crippen LogP contribution >= 0.6 is 0 Å². The molecule has 0 fully saturated rings. The van der Waals surface area contributed by atoms with Crippen LogP contribution in [0.5, 0.6) is 0 Å². The van der Waals surface area contributed by atoms with Crippen molar-refractivity contribution < 1.29 is 4.79 Å². The Bertz CT molecular complexity index is 348. The molecular weight excluding hydrogens is 216 g/mol. The van der Waals surface area contributed by atoms with Gasteiger partial charge in [-0.25, -0.2) is 4.98 Å². The number of aromatic nitrogens is 2. The van der Waals surface area contributed by atoms with Crippen LogP contribution in [0.4, 0.5) is 0 Å². The number of hydrogen-bond donors (Lipinski definition) is 2.